The van der Waals surface area contributed by atoms with Crippen LogP contribution in [0.15, 0.2) is 29.2 Å². The number of anilines is 1. The average Bonchev–Trinajstić information content (AvgIpc) is 2.16. The lowest BCUT2D eigenvalue weighted by molar-refractivity contribution is 0.791. The van der Waals surface area contributed by atoms with Crippen LogP contribution in [0.2, 0.25) is 0 Å². The zero-order valence-corrected chi connectivity index (χ0v) is 9.22. The standard InChI is InChI=1S/C11H17NS/c1-3-9-12(4-2)10-5-7-11(13)8-6-10/h5-8,13H,3-4,9H2,1-2H3. The molecule has 0 heterocycles. The number of rotatable bonds is 4. The maximum Gasteiger partial charge on any atom is 0.0366 e. The summed E-state index contributed by atoms with van der Waals surface area (Å²) in [5.41, 5.74) is 1.29. The first-order valence-electron chi connectivity index (χ1n) is 4.82. The highest BCUT2D eigenvalue weighted by Crippen LogP contribution is 2.16. The number of nitrogens with zero attached hydrogens (tertiary/aromatic N) is 1. The van der Waals surface area contributed by atoms with Crippen LogP contribution in [0.5, 0.6) is 0 Å². The lowest BCUT2D eigenvalue weighted by atomic mass is 10.2. The van der Waals surface area contributed by atoms with Gasteiger partial charge in [0, 0.05) is 23.7 Å². The quantitative estimate of drug-likeness (QED) is 0.722. The molecule has 0 unspecified atom stereocenters. The van der Waals surface area contributed by atoms with Gasteiger partial charge in [-0.05, 0) is 37.6 Å². The van der Waals surface area contributed by atoms with E-state index < -0.39 is 0 Å². The summed E-state index contributed by atoms with van der Waals surface area (Å²) < 4.78 is 0. The van der Waals surface area contributed by atoms with E-state index in [-0.39, 0.29) is 0 Å². The average molecular weight is 195 g/mol. The maximum absolute atomic E-state index is 4.26. The van der Waals surface area contributed by atoms with E-state index in [0.29, 0.717) is 0 Å². The third-order valence-electron chi connectivity index (χ3n) is 2.09. The molecule has 1 aromatic rings. The van der Waals surface area contributed by atoms with Gasteiger partial charge in [-0.25, -0.2) is 0 Å². The molecule has 72 valence electrons. The molecule has 0 N–H and O–H groups in total. The molecule has 0 spiro atoms. The predicted octanol–water partition coefficient (Wildman–Crippen LogP) is 3.21. The van der Waals surface area contributed by atoms with Crippen molar-refractivity contribution in [3.63, 3.8) is 0 Å². The van der Waals surface area contributed by atoms with Crippen molar-refractivity contribution in [2.75, 3.05) is 18.0 Å². The summed E-state index contributed by atoms with van der Waals surface area (Å²) >= 11 is 4.26. The Labute approximate surface area is 86.2 Å². The van der Waals surface area contributed by atoms with Crippen molar-refractivity contribution in [3.05, 3.63) is 24.3 Å². The van der Waals surface area contributed by atoms with Crippen LogP contribution in [0.4, 0.5) is 5.69 Å². The van der Waals surface area contributed by atoms with E-state index in [1.807, 2.05) is 12.1 Å². The summed E-state index contributed by atoms with van der Waals surface area (Å²) in [5, 5.41) is 0. The van der Waals surface area contributed by atoms with Crippen LogP contribution in [0.1, 0.15) is 20.3 Å². The van der Waals surface area contributed by atoms with Gasteiger partial charge in [0.2, 0.25) is 0 Å². The van der Waals surface area contributed by atoms with E-state index in [1.165, 1.54) is 12.1 Å². The lowest BCUT2D eigenvalue weighted by Crippen LogP contribution is -2.23. The van der Waals surface area contributed by atoms with Crippen molar-refractivity contribution in [2.24, 2.45) is 0 Å². The highest BCUT2D eigenvalue weighted by molar-refractivity contribution is 7.80. The topological polar surface area (TPSA) is 3.24 Å². The number of thiol groups is 1. The fourth-order valence-electron chi connectivity index (χ4n) is 1.40. The molecule has 0 saturated heterocycles. The second-order valence-corrected chi connectivity index (χ2v) is 3.61. The first kappa shape index (κ1) is 10.5. The highest BCUT2D eigenvalue weighted by Gasteiger charge is 2.01. The van der Waals surface area contributed by atoms with Gasteiger partial charge in [0.1, 0.15) is 0 Å². The SMILES string of the molecule is CCCN(CC)c1ccc(S)cc1. The fraction of sp³-hybridized carbons (Fsp3) is 0.455. The van der Waals surface area contributed by atoms with Crippen LogP contribution in [-0.2, 0) is 0 Å². The third-order valence-corrected chi connectivity index (χ3v) is 2.39. The summed E-state index contributed by atoms with van der Waals surface area (Å²) in [6.07, 6.45) is 1.19. The summed E-state index contributed by atoms with van der Waals surface area (Å²) in [4.78, 5) is 3.39. The summed E-state index contributed by atoms with van der Waals surface area (Å²) in [5.74, 6) is 0. The zero-order chi connectivity index (χ0) is 9.68. The molecule has 0 saturated carbocycles. The Morgan fingerprint density at radius 1 is 1.15 bits per heavy atom. The van der Waals surface area contributed by atoms with Crippen molar-refractivity contribution in [3.8, 4) is 0 Å². The van der Waals surface area contributed by atoms with Crippen LogP contribution in [0, 0.1) is 0 Å². The summed E-state index contributed by atoms with van der Waals surface area (Å²) in [6, 6.07) is 8.33. The lowest BCUT2D eigenvalue weighted by Gasteiger charge is -2.22. The molecule has 13 heavy (non-hydrogen) atoms. The molecule has 1 nitrogen and oxygen atoms in total. The zero-order valence-electron chi connectivity index (χ0n) is 8.33. The van der Waals surface area contributed by atoms with Crippen molar-refractivity contribution < 1.29 is 0 Å². The van der Waals surface area contributed by atoms with E-state index in [4.69, 9.17) is 0 Å². The second kappa shape index (κ2) is 5.18. The van der Waals surface area contributed by atoms with E-state index in [2.05, 4.69) is 43.5 Å². The van der Waals surface area contributed by atoms with Gasteiger partial charge >= 0.3 is 0 Å². The highest BCUT2D eigenvalue weighted by atomic mass is 32.1. The Morgan fingerprint density at radius 3 is 2.23 bits per heavy atom. The Balaban J connectivity index is 2.73. The first-order chi connectivity index (χ1) is 6.27. The fourth-order valence-corrected chi connectivity index (χ4v) is 1.55. The molecule has 1 rings (SSSR count). The van der Waals surface area contributed by atoms with Gasteiger partial charge in [0.15, 0.2) is 0 Å². The molecule has 0 aromatic heterocycles. The summed E-state index contributed by atoms with van der Waals surface area (Å²) in [6.45, 7) is 6.59. The molecule has 0 amide bonds. The molecular formula is C11H17NS. The Morgan fingerprint density at radius 2 is 1.77 bits per heavy atom. The minimum atomic E-state index is 1.02. The Kier molecular flexibility index (Phi) is 4.16. The molecule has 2 heteroatoms. The smallest absolute Gasteiger partial charge is 0.0366 e. The van der Waals surface area contributed by atoms with Gasteiger partial charge in [-0.2, -0.15) is 0 Å². The first-order valence-corrected chi connectivity index (χ1v) is 5.26. The molecule has 1 aromatic carbocycles. The van der Waals surface area contributed by atoms with E-state index in [1.54, 1.807) is 0 Å². The molecular weight excluding hydrogens is 178 g/mol. The van der Waals surface area contributed by atoms with Crippen molar-refractivity contribution in [1.29, 1.82) is 0 Å². The van der Waals surface area contributed by atoms with Crippen molar-refractivity contribution in [1.82, 2.24) is 0 Å². The second-order valence-electron chi connectivity index (χ2n) is 3.10. The van der Waals surface area contributed by atoms with Gasteiger partial charge in [-0.15, -0.1) is 12.6 Å². The molecule has 0 aliphatic rings. The number of benzene rings is 1. The summed E-state index contributed by atoms with van der Waals surface area (Å²) in [7, 11) is 0. The van der Waals surface area contributed by atoms with Crippen LogP contribution in [-0.4, -0.2) is 13.1 Å². The van der Waals surface area contributed by atoms with Gasteiger partial charge in [0.25, 0.3) is 0 Å². The Hall–Kier alpha value is -0.630. The van der Waals surface area contributed by atoms with Crippen LogP contribution in [0.25, 0.3) is 0 Å². The molecule has 0 radical (unpaired) electrons. The van der Waals surface area contributed by atoms with Crippen LogP contribution in [0.3, 0.4) is 0 Å². The minimum absolute atomic E-state index is 1.02. The minimum Gasteiger partial charge on any atom is -0.372 e. The van der Waals surface area contributed by atoms with Gasteiger partial charge in [0.05, 0.1) is 0 Å². The maximum atomic E-state index is 4.26. The van der Waals surface area contributed by atoms with Gasteiger partial charge in [-0.1, -0.05) is 6.92 Å². The van der Waals surface area contributed by atoms with Gasteiger partial charge in [-0.3, -0.25) is 0 Å². The van der Waals surface area contributed by atoms with Gasteiger partial charge < -0.3 is 4.90 Å². The van der Waals surface area contributed by atoms with Crippen LogP contribution < -0.4 is 4.90 Å². The number of hydrogen-bond acceptors (Lipinski definition) is 2. The van der Waals surface area contributed by atoms with E-state index >= 15 is 0 Å². The molecule has 0 bridgehead atoms. The molecule has 0 aliphatic heterocycles. The normalized spacial score (nSPS) is 10.1. The van der Waals surface area contributed by atoms with Crippen molar-refractivity contribution in [2.45, 2.75) is 25.2 Å². The Bertz CT molecular complexity index is 243. The largest absolute Gasteiger partial charge is 0.372 e. The third kappa shape index (κ3) is 2.96. The van der Waals surface area contributed by atoms with E-state index in [9.17, 15) is 0 Å². The molecule has 0 aliphatic carbocycles. The van der Waals surface area contributed by atoms with Crippen molar-refractivity contribution >= 4 is 18.3 Å². The monoisotopic (exact) mass is 195 g/mol. The molecule has 0 fully saturated rings. The van der Waals surface area contributed by atoms with E-state index in [0.717, 1.165) is 18.0 Å². The van der Waals surface area contributed by atoms with Crippen LogP contribution >= 0.6 is 12.6 Å². The predicted molar refractivity (Wildman–Crippen MR) is 61.9 cm³/mol. The number of hydrogen-bond donors (Lipinski definition) is 1. The molecule has 0 atom stereocenters.